The minimum absolute atomic E-state index is 0.152. The second kappa shape index (κ2) is 10.4. The van der Waals surface area contributed by atoms with E-state index in [2.05, 4.69) is 20.8 Å². The van der Waals surface area contributed by atoms with Gasteiger partial charge in [0.2, 0.25) is 5.91 Å². The lowest BCUT2D eigenvalue weighted by molar-refractivity contribution is -0.124. The summed E-state index contributed by atoms with van der Waals surface area (Å²) in [5, 5.41) is 14.3. The van der Waals surface area contributed by atoms with Gasteiger partial charge >= 0.3 is 0 Å². The molecule has 0 saturated heterocycles. The van der Waals surface area contributed by atoms with Gasteiger partial charge in [-0.05, 0) is 60.7 Å². The summed E-state index contributed by atoms with van der Waals surface area (Å²) in [4.78, 5) is 25.8. The summed E-state index contributed by atoms with van der Waals surface area (Å²) in [6.45, 7) is 3.72. The predicted octanol–water partition coefficient (Wildman–Crippen LogP) is 3.23. The Balaban J connectivity index is 1.79. The van der Waals surface area contributed by atoms with Crippen molar-refractivity contribution in [1.29, 1.82) is 0 Å². The number of nitrogens with zero attached hydrogens (tertiary/aromatic N) is 3. The van der Waals surface area contributed by atoms with Crippen LogP contribution in [0.4, 0.5) is 4.39 Å². The lowest BCUT2D eigenvalue weighted by atomic mass is 10.0. The van der Waals surface area contributed by atoms with E-state index in [0.29, 0.717) is 23.5 Å². The van der Waals surface area contributed by atoms with E-state index in [1.807, 2.05) is 48.9 Å². The molecule has 0 aliphatic carbocycles. The zero-order valence-electron chi connectivity index (χ0n) is 17.7. The fourth-order valence-electron chi connectivity index (χ4n) is 3.22. The van der Waals surface area contributed by atoms with E-state index in [4.69, 9.17) is 0 Å². The summed E-state index contributed by atoms with van der Waals surface area (Å²) < 4.78 is 15.0. The molecule has 0 fully saturated rings. The SMILES string of the molecule is CSCCC(NC(=O)[C@H](NC(=O)c1ccc(F)cc1)C(C)C)c1nnc2ccccn12. The highest BCUT2D eigenvalue weighted by atomic mass is 32.2. The molecular weight excluding hydrogens is 417 g/mol. The van der Waals surface area contributed by atoms with Crippen LogP contribution in [0.2, 0.25) is 0 Å². The van der Waals surface area contributed by atoms with Gasteiger partial charge in [0.05, 0.1) is 6.04 Å². The molecule has 2 N–H and O–H groups in total. The summed E-state index contributed by atoms with van der Waals surface area (Å²) in [5.41, 5.74) is 0.994. The standard InChI is InChI=1S/C22H26FN5O2S/c1-14(2)19(25-21(29)15-7-9-16(23)10-8-15)22(30)24-17(11-13-31-3)20-27-26-18-6-4-5-12-28(18)20/h4-10,12,14,17,19H,11,13H2,1-3H3,(H,24,30)(H,25,29)/t17?,19-/m1/s1. The molecule has 0 saturated carbocycles. The first kappa shape index (κ1) is 22.7. The number of thioether (sulfide) groups is 1. The first-order chi connectivity index (χ1) is 14.9. The van der Waals surface area contributed by atoms with Gasteiger partial charge in [-0.15, -0.1) is 10.2 Å². The van der Waals surface area contributed by atoms with Crippen molar-refractivity contribution in [2.45, 2.75) is 32.4 Å². The number of amides is 2. The Morgan fingerprint density at radius 3 is 2.52 bits per heavy atom. The molecule has 1 aromatic carbocycles. The van der Waals surface area contributed by atoms with Crippen molar-refractivity contribution < 1.29 is 14.0 Å². The van der Waals surface area contributed by atoms with Gasteiger partial charge in [0, 0.05) is 11.8 Å². The van der Waals surface area contributed by atoms with Gasteiger partial charge < -0.3 is 10.6 Å². The number of halogens is 1. The maximum atomic E-state index is 13.2. The number of pyridine rings is 1. The van der Waals surface area contributed by atoms with Crippen LogP contribution in [0.15, 0.2) is 48.7 Å². The van der Waals surface area contributed by atoms with Crippen LogP contribution in [-0.2, 0) is 4.79 Å². The number of hydrogen-bond donors (Lipinski definition) is 2. The quantitative estimate of drug-likeness (QED) is 0.530. The lowest BCUT2D eigenvalue weighted by Crippen LogP contribution is -2.50. The highest BCUT2D eigenvalue weighted by Gasteiger charge is 2.28. The van der Waals surface area contributed by atoms with Crippen molar-refractivity contribution in [3.8, 4) is 0 Å². The van der Waals surface area contributed by atoms with E-state index >= 15 is 0 Å². The van der Waals surface area contributed by atoms with Gasteiger partial charge in [0.1, 0.15) is 11.9 Å². The number of nitrogens with one attached hydrogen (secondary N) is 2. The number of fused-ring (bicyclic) bond motifs is 1. The van der Waals surface area contributed by atoms with E-state index in [0.717, 1.165) is 5.75 Å². The zero-order valence-corrected chi connectivity index (χ0v) is 18.5. The third-order valence-corrected chi connectivity index (χ3v) is 5.57. The third kappa shape index (κ3) is 5.61. The molecule has 31 heavy (non-hydrogen) atoms. The van der Waals surface area contributed by atoms with Crippen LogP contribution in [0, 0.1) is 11.7 Å². The first-order valence-corrected chi connectivity index (χ1v) is 11.5. The van der Waals surface area contributed by atoms with Crippen molar-refractivity contribution in [3.63, 3.8) is 0 Å². The molecule has 9 heteroatoms. The number of rotatable bonds is 9. The molecule has 0 aliphatic heterocycles. The monoisotopic (exact) mass is 443 g/mol. The Bertz CT molecular complexity index is 1040. The van der Waals surface area contributed by atoms with Crippen LogP contribution in [0.3, 0.4) is 0 Å². The van der Waals surface area contributed by atoms with E-state index in [1.165, 1.54) is 24.3 Å². The van der Waals surface area contributed by atoms with Crippen molar-refractivity contribution in [2.75, 3.05) is 12.0 Å². The van der Waals surface area contributed by atoms with Crippen LogP contribution in [0.1, 0.15) is 42.5 Å². The first-order valence-electron chi connectivity index (χ1n) is 10.1. The fraction of sp³-hybridized carbons (Fsp3) is 0.364. The van der Waals surface area contributed by atoms with Crippen molar-refractivity contribution in [3.05, 3.63) is 65.9 Å². The van der Waals surface area contributed by atoms with Crippen LogP contribution in [0.5, 0.6) is 0 Å². The Hall–Kier alpha value is -2.94. The van der Waals surface area contributed by atoms with Crippen LogP contribution in [0.25, 0.3) is 5.65 Å². The predicted molar refractivity (Wildman–Crippen MR) is 119 cm³/mol. The van der Waals surface area contributed by atoms with E-state index < -0.39 is 17.8 Å². The molecule has 0 spiro atoms. The van der Waals surface area contributed by atoms with Crippen molar-refractivity contribution in [1.82, 2.24) is 25.2 Å². The number of carbonyl (C=O) groups is 2. The highest BCUT2D eigenvalue weighted by Crippen LogP contribution is 2.19. The number of hydrogen-bond acceptors (Lipinski definition) is 5. The van der Waals surface area contributed by atoms with Crippen molar-refractivity contribution >= 4 is 29.2 Å². The van der Waals surface area contributed by atoms with Gasteiger partial charge in [-0.2, -0.15) is 11.8 Å². The molecular formula is C22H26FN5O2S. The second-order valence-corrected chi connectivity index (χ2v) is 8.52. The molecule has 1 unspecified atom stereocenters. The van der Waals surface area contributed by atoms with E-state index in [9.17, 15) is 14.0 Å². The Morgan fingerprint density at radius 2 is 1.84 bits per heavy atom. The average molecular weight is 444 g/mol. The molecule has 2 aromatic heterocycles. The van der Waals surface area contributed by atoms with Crippen molar-refractivity contribution in [2.24, 2.45) is 5.92 Å². The smallest absolute Gasteiger partial charge is 0.251 e. The molecule has 3 aromatic rings. The molecule has 164 valence electrons. The van der Waals surface area contributed by atoms with Crippen LogP contribution >= 0.6 is 11.8 Å². The summed E-state index contributed by atoms with van der Waals surface area (Å²) >= 11 is 1.67. The Morgan fingerprint density at radius 1 is 1.10 bits per heavy atom. The molecule has 0 aliphatic rings. The molecule has 2 amide bonds. The van der Waals surface area contributed by atoms with Crippen LogP contribution in [-0.4, -0.2) is 44.5 Å². The molecule has 7 nitrogen and oxygen atoms in total. The Kier molecular flexibility index (Phi) is 7.62. The summed E-state index contributed by atoms with van der Waals surface area (Å²) in [6, 6.07) is 9.71. The minimum atomic E-state index is -0.756. The maximum Gasteiger partial charge on any atom is 0.251 e. The Labute approximate surface area is 184 Å². The number of benzene rings is 1. The molecule has 3 rings (SSSR count). The second-order valence-electron chi connectivity index (χ2n) is 7.53. The summed E-state index contributed by atoms with van der Waals surface area (Å²) in [7, 11) is 0. The highest BCUT2D eigenvalue weighted by molar-refractivity contribution is 7.98. The molecule has 2 heterocycles. The molecule has 0 radical (unpaired) electrons. The summed E-state index contributed by atoms with van der Waals surface area (Å²) in [6.07, 6.45) is 4.53. The normalized spacial score (nSPS) is 13.2. The van der Waals surface area contributed by atoms with Crippen LogP contribution < -0.4 is 10.6 Å². The largest absolute Gasteiger partial charge is 0.344 e. The third-order valence-electron chi connectivity index (χ3n) is 4.92. The van der Waals surface area contributed by atoms with Gasteiger partial charge in [0.15, 0.2) is 11.5 Å². The van der Waals surface area contributed by atoms with Gasteiger partial charge in [-0.3, -0.25) is 14.0 Å². The average Bonchev–Trinajstić information content (AvgIpc) is 3.19. The minimum Gasteiger partial charge on any atom is -0.344 e. The molecule has 2 atom stereocenters. The lowest BCUT2D eigenvalue weighted by Gasteiger charge is -2.25. The topological polar surface area (TPSA) is 88.4 Å². The number of aromatic nitrogens is 3. The fourth-order valence-corrected chi connectivity index (χ4v) is 3.69. The van der Waals surface area contributed by atoms with Gasteiger partial charge in [0.25, 0.3) is 5.91 Å². The van der Waals surface area contributed by atoms with E-state index in [1.54, 1.807) is 11.8 Å². The zero-order chi connectivity index (χ0) is 22.4. The number of carbonyl (C=O) groups excluding carboxylic acids is 2. The summed E-state index contributed by atoms with van der Waals surface area (Å²) in [5.74, 6) is 0.158. The van der Waals surface area contributed by atoms with Gasteiger partial charge in [-0.1, -0.05) is 19.9 Å². The molecule has 0 bridgehead atoms. The van der Waals surface area contributed by atoms with E-state index in [-0.39, 0.29) is 17.9 Å². The maximum absolute atomic E-state index is 13.2. The van der Waals surface area contributed by atoms with Gasteiger partial charge in [-0.25, -0.2) is 4.39 Å².